The zero-order valence-electron chi connectivity index (χ0n) is 9.05. The first-order valence-electron chi connectivity index (χ1n) is 5.18. The molecule has 0 aliphatic carbocycles. The van der Waals surface area contributed by atoms with E-state index in [4.69, 9.17) is 5.73 Å². The summed E-state index contributed by atoms with van der Waals surface area (Å²) in [6.45, 7) is 4.86. The first-order chi connectivity index (χ1) is 7.69. The van der Waals surface area contributed by atoms with E-state index in [0.29, 0.717) is 6.54 Å². The fraction of sp³-hybridized carbons (Fsp3) is 0.333. The predicted octanol–water partition coefficient (Wildman–Crippen LogP) is 2.75. The van der Waals surface area contributed by atoms with Crippen LogP contribution >= 0.6 is 15.9 Å². The smallest absolute Gasteiger partial charge is 0.123 e. The van der Waals surface area contributed by atoms with Crippen molar-refractivity contribution in [2.75, 3.05) is 13.1 Å². The Kier molecular flexibility index (Phi) is 5.66. The highest BCUT2D eigenvalue weighted by Crippen LogP contribution is 2.23. The molecule has 1 rings (SSSR count). The SMILES string of the molecule is C=CCCNC(CN)c1cc(F)ccc1Br. The van der Waals surface area contributed by atoms with Gasteiger partial charge in [-0.2, -0.15) is 0 Å². The van der Waals surface area contributed by atoms with Gasteiger partial charge in [0.1, 0.15) is 5.82 Å². The van der Waals surface area contributed by atoms with Crippen molar-refractivity contribution in [2.45, 2.75) is 12.5 Å². The third-order valence-corrected chi connectivity index (χ3v) is 3.03. The minimum Gasteiger partial charge on any atom is -0.329 e. The van der Waals surface area contributed by atoms with Crippen LogP contribution in [-0.2, 0) is 0 Å². The summed E-state index contributed by atoms with van der Waals surface area (Å²) in [6, 6.07) is 4.58. The first-order valence-corrected chi connectivity index (χ1v) is 5.97. The Morgan fingerprint density at radius 2 is 2.31 bits per heavy atom. The summed E-state index contributed by atoms with van der Waals surface area (Å²) in [6.07, 6.45) is 2.70. The van der Waals surface area contributed by atoms with E-state index in [0.717, 1.165) is 23.0 Å². The number of hydrogen-bond acceptors (Lipinski definition) is 2. The summed E-state index contributed by atoms with van der Waals surface area (Å²) in [5.41, 5.74) is 6.53. The average molecular weight is 287 g/mol. The lowest BCUT2D eigenvalue weighted by Crippen LogP contribution is -2.29. The molecule has 0 saturated carbocycles. The lowest BCUT2D eigenvalue weighted by atomic mass is 10.1. The molecule has 0 bridgehead atoms. The molecule has 0 fully saturated rings. The third-order valence-electron chi connectivity index (χ3n) is 2.31. The summed E-state index contributed by atoms with van der Waals surface area (Å²) in [4.78, 5) is 0. The van der Waals surface area contributed by atoms with Crippen molar-refractivity contribution in [1.29, 1.82) is 0 Å². The van der Waals surface area contributed by atoms with Gasteiger partial charge in [-0.15, -0.1) is 6.58 Å². The Bertz CT molecular complexity index is 355. The van der Waals surface area contributed by atoms with Crippen LogP contribution in [0.2, 0.25) is 0 Å². The van der Waals surface area contributed by atoms with Crippen LogP contribution < -0.4 is 11.1 Å². The van der Waals surface area contributed by atoms with Gasteiger partial charge in [-0.1, -0.05) is 22.0 Å². The molecule has 88 valence electrons. The second kappa shape index (κ2) is 6.78. The molecule has 0 radical (unpaired) electrons. The zero-order chi connectivity index (χ0) is 12.0. The molecule has 1 unspecified atom stereocenters. The van der Waals surface area contributed by atoms with Crippen molar-refractivity contribution < 1.29 is 4.39 Å². The van der Waals surface area contributed by atoms with E-state index in [2.05, 4.69) is 27.8 Å². The van der Waals surface area contributed by atoms with Gasteiger partial charge in [-0.25, -0.2) is 4.39 Å². The second-order valence-corrected chi connectivity index (χ2v) is 4.34. The summed E-state index contributed by atoms with van der Waals surface area (Å²) < 4.78 is 14.0. The van der Waals surface area contributed by atoms with Gasteiger partial charge >= 0.3 is 0 Å². The molecular formula is C12H16BrFN2. The van der Waals surface area contributed by atoms with Gasteiger partial charge in [0.25, 0.3) is 0 Å². The maximum Gasteiger partial charge on any atom is 0.123 e. The maximum absolute atomic E-state index is 13.1. The summed E-state index contributed by atoms with van der Waals surface area (Å²) in [7, 11) is 0. The Morgan fingerprint density at radius 3 is 2.94 bits per heavy atom. The van der Waals surface area contributed by atoms with Gasteiger partial charge in [0.15, 0.2) is 0 Å². The van der Waals surface area contributed by atoms with E-state index < -0.39 is 0 Å². The molecule has 0 heterocycles. The van der Waals surface area contributed by atoms with Gasteiger partial charge in [-0.3, -0.25) is 0 Å². The van der Waals surface area contributed by atoms with E-state index in [-0.39, 0.29) is 11.9 Å². The van der Waals surface area contributed by atoms with E-state index in [1.807, 2.05) is 6.08 Å². The Hall–Kier alpha value is -0.710. The summed E-state index contributed by atoms with van der Waals surface area (Å²) >= 11 is 3.40. The van der Waals surface area contributed by atoms with Crippen LogP contribution in [0.3, 0.4) is 0 Å². The molecule has 0 saturated heterocycles. The van der Waals surface area contributed by atoms with Crippen LogP contribution in [0, 0.1) is 5.82 Å². The quantitative estimate of drug-likeness (QED) is 0.623. The van der Waals surface area contributed by atoms with Crippen LogP contribution in [0.5, 0.6) is 0 Å². The highest BCUT2D eigenvalue weighted by atomic mass is 79.9. The maximum atomic E-state index is 13.1. The van der Waals surface area contributed by atoms with Crippen molar-refractivity contribution in [3.63, 3.8) is 0 Å². The largest absolute Gasteiger partial charge is 0.329 e. The topological polar surface area (TPSA) is 38.0 Å². The van der Waals surface area contributed by atoms with Crippen LogP contribution in [-0.4, -0.2) is 13.1 Å². The van der Waals surface area contributed by atoms with E-state index in [1.54, 1.807) is 6.07 Å². The fourth-order valence-electron chi connectivity index (χ4n) is 1.46. The van der Waals surface area contributed by atoms with Crippen molar-refractivity contribution >= 4 is 15.9 Å². The van der Waals surface area contributed by atoms with Gasteiger partial charge in [0, 0.05) is 17.1 Å². The van der Waals surface area contributed by atoms with Crippen molar-refractivity contribution in [2.24, 2.45) is 5.73 Å². The molecule has 2 nitrogen and oxygen atoms in total. The molecule has 1 aromatic rings. The molecular weight excluding hydrogens is 271 g/mol. The van der Waals surface area contributed by atoms with E-state index >= 15 is 0 Å². The number of hydrogen-bond donors (Lipinski definition) is 2. The molecule has 16 heavy (non-hydrogen) atoms. The van der Waals surface area contributed by atoms with Gasteiger partial charge in [0.05, 0.1) is 0 Å². The first kappa shape index (κ1) is 13.4. The Morgan fingerprint density at radius 1 is 1.56 bits per heavy atom. The van der Waals surface area contributed by atoms with Crippen molar-refractivity contribution in [3.8, 4) is 0 Å². The van der Waals surface area contributed by atoms with Crippen molar-refractivity contribution in [3.05, 3.63) is 46.7 Å². The minimum atomic E-state index is -0.248. The summed E-state index contributed by atoms with van der Waals surface area (Å²) in [5.74, 6) is -0.248. The molecule has 0 aliphatic heterocycles. The Balaban J connectivity index is 2.77. The number of nitrogens with two attached hydrogens (primary N) is 1. The molecule has 0 aromatic heterocycles. The molecule has 3 N–H and O–H groups in total. The standard InChI is InChI=1S/C12H16BrFN2/c1-2-3-6-16-12(8-15)10-7-9(14)4-5-11(10)13/h2,4-5,7,12,16H,1,3,6,8,15H2. The predicted molar refractivity (Wildman–Crippen MR) is 68.7 cm³/mol. The van der Waals surface area contributed by atoms with Gasteiger partial charge < -0.3 is 11.1 Å². The highest BCUT2D eigenvalue weighted by Gasteiger charge is 2.12. The van der Waals surface area contributed by atoms with Gasteiger partial charge in [-0.05, 0) is 36.7 Å². The monoisotopic (exact) mass is 286 g/mol. The molecule has 1 aromatic carbocycles. The van der Waals surface area contributed by atoms with E-state index in [1.165, 1.54) is 12.1 Å². The molecule has 1 atom stereocenters. The summed E-state index contributed by atoms with van der Waals surface area (Å²) in [5, 5.41) is 3.26. The van der Waals surface area contributed by atoms with Crippen LogP contribution in [0.1, 0.15) is 18.0 Å². The number of rotatable bonds is 6. The fourth-order valence-corrected chi connectivity index (χ4v) is 1.98. The second-order valence-electron chi connectivity index (χ2n) is 3.49. The number of nitrogens with one attached hydrogen (secondary N) is 1. The minimum absolute atomic E-state index is 0.0370. The van der Waals surface area contributed by atoms with Crippen molar-refractivity contribution in [1.82, 2.24) is 5.32 Å². The Labute approximate surface area is 104 Å². The van der Waals surface area contributed by atoms with Gasteiger partial charge in [0.2, 0.25) is 0 Å². The van der Waals surface area contributed by atoms with Crippen LogP contribution in [0.15, 0.2) is 35.3 Å². The third kappa shape index (κ3) is 3.70. The highest BCUT2D eigenvalue weighted by molar-refractivity contribution is 9.10. The molecule has 0 spiro atoms. The zero-order valence-corrected chi connectivity index (χ0v) is 10.6. The molecule has 0 amide bonds. The molecule has 0 aliphatic rings. The lowest BCUT2D eigenvalue weighted by molar-refractivity contribution is 0.540. The van der Waals surface area contributed by atoms with Crippen LogP contribution in [0.4, 0.5) is 4.39 Å². The molecule has 4 heteroatoms. The van der Waals surface area contributed by atoms with Crippen LogP contribution in [0.25, 0.3) is 0 Å². The van der Waals surface area contributed by atoms with E-state index in [9.17, 15) is 4.39 Å². The normalized spacial score (nSPS) is 12.4. The average Bonchev–Trinajstić information content (AvgIpc) is 2.28. The lowest BCUT2D eigenvalue weighted by Gasteiger charge is -2.18. The number of benzene rings is 1. The number of halogens is 2.